The van der Waals surface area contributed by atoms with E-state index in [4.69, 9.17) is 4.74 Å². The van der Waals surface area contributed by atoms with E-state index in [0.29, 0.717) is 6.42 Å². The Balaban J connectivity index is 1.19. The van der Waals surface area contributed by atoms with Gasteiger partial charge in [0.25, 0.3) is 15.9 Å². The van der Waals surface area contributed by atoms with Crippen molar-refractivity contribution in [3.63, 3.8) is 0 Å². The van der Waals surface area contributed by atoms with Crippen LogP contribution in [0.25, 0.3) is 0 Å². The molecule has 1 amide bonds. The fraction of sp³-hybridized carbons (Fsp3) is 0.619. The molecule has 4 aliphatic carbocycles. The lowest BCUT2D eigenvalue weighted by Gasteiger charge is -2.56. The molecule has 1 heterocycles. The van der Waals surface area contributed by atoms with Gasteiger partial charge in [0.2, 0.25) is 0 Å². The van der Waals surface area contributed by atoms with Crippen LogP contribution in [-0.4, -0.2) is 37.8 Å². The second-order valence-corrected chi connectivity index (χ2v) is 11.0. The van der Waals surface area contributed by atoms with Gasteiger partial charge < -0.3 is 4.74 Å². The van der Waals surface area contributed by atoms with Crippen LogP contribution in [0.15, 0.2) is 29.2 Å². The van der Waals surface area contributed by atoms with E-state index in [0.717, 1.165) is 41.3 Å². The zero-order valence-electron chi connectivity index (χ0n) is 15.8. The first-order valence-electron chi connectivity index (χ1n) is 10.2. The van der Waals surface area contributed by atoms with Crippen LogP contribution in [0.4, 0.5) is 0 Å². The van der Waals surface area contributed by atoms with Crippen LogP contribution in [0.2, 0.25) is 0 Å². The molecule has 4 fully saturated rings. The number of hydrogen-bond donors (Lipinski definition) is 0. The Hall–Kier alpha value is -1.89. The highest BCUT2D eigenvalue weighted by molar-refractivity contribution is 7.90. The summed E-state index contributed by atoms with van der Waals surface area (Å²) in [5.74, 6) is 1.50. The first-order valence-corrected chi connectivity index (χ1v) is 11.6. The van der Waals surface area contributed by atoms with E-state index in [1.807, 2.05) is 0 Å². The molecular weight excluding hydrogens is 378 g/mol. The Kier molecular flexibility index (Phi) is 4.09. The van der Waals surface area contributed by atoms with E-state index in [-0.39, 0.29) is 35.0 Å². The molecule has 1 aromatic rings. The van der Waals surface area contributed by atoms with Crippen molar-refractivity contribution in [1.29, 1.82) is 0 Å². The Bertz CT molecular complexity index is 903. The van der Waals surface area contributed by atoms with Crippen LogP contribution in [-0.2, 0) is 19.6 Å². The summed E-state index contributed by atoms with van der Waals surface area (Å²) in [6, 6.07) is 6.18. The third-order valence-corrected chi connectivity index (χ3v) is 8.99. The molecule has 0 radical (unpaired) electrons. The second kappa shape index (κ2) is 6.31. The lowest BCUT2D eigenvalue weighted by Crippen LogP contribution is -2.47. The standard InChI is InChI=1S/C21H25NO5S/c23-19(13-21-10-14-7-15(11-21)9-16(8-14)12-21)27-6-5-22-20(24)17-3-1-2-4-18(17)28(22,25)26/h1-4,14-16H,5-13H2. The summed E-state index contributed by atoms with van der Waals surface area (Å²) in [6.07, 6.45) is 7.78. The van der Waals surface area contributed by atoms with Crippen molar-refractivity contribution in [3.05, 3.63) is 29.8 Å². The normalized spacial score (nSPS) is 34.5. The van der Waals surface area contributed by atoms with Gasteiger partial charge in [-0.1, -0.05) is 12.1 Å². The Morgan fingerprint density at radius 2 is 1.68 bits per heavy atom. The smallest absolute Gasteiger partial charge is 0.306 e. The van der Waals surface area contributed by atoms with Crippen molar-refractivity contribution in [1.82, 2.24) is 4.31 Å². The number of benzene rings is 1. The molecule has 0 N–H and O–H groups in total. The third kappa shape index (κ3) is 2.86. The average molecular weight is 404 g/mol. The predicted octanol–water partition coefficient (Wildman–Crippen LogP) is 2.98. The maximum atomic E-state index is 12.5. The highest BCUT2D eigenvalue weighted by atomic mass is 32.2. The summed E-state index contributed by atoms with van der Waals surface area (Å²) < 4.78 is 31.3. The minimum atomic E-state index is -3.84. The van der Waals surface area contributed by atoms with Gasteiger partial charge in [0.1, 0.15) is 11.5 Å². The summed E-state index contributed by atoms with van der Waals surface area (Å²) in [5.41, 5.74) is 0.278. The van der Waals surface area contributed by atoms with Crippen LogP contribution in [0.5, 0.6) is 0 Å². The van der Waals surface area contributed by atoms with Crippen molar-refractivity contribution < 1.29 is 22.7 Å². The maximum Gasteiger partial charge on any atom is 0.306 e. The molecule has 0 unspecified atom stereocenters. The molecule has 6 nitrogen and oxygen atoms in total. The molecule has 0 saturated heterocycles. The fourth-order valence-electron chi connectivity index (χ4n) is 6.56. The van der Waals surface area contributed by atoms with E-state index in [1.54, 1.807) is 12.1 Å². The van der Waals surface area contributed by atoms with Crippen LogP contribution in [0.1, 0.15) is 55.3 Å². The van der Waals surface area contributed by atoms with Gasteiger partial charge in [-0.25, -0.2) is 12.7 Å². The zero-order chi connectivity index (χ0) is 19.5. The molecule has 1 aliphatic heterocycles. The number of nitrogens with zero attached hydrogens (tertiary/aromatic N) is 1. The van der Waals surface area contributed by atoms with Crippen molar-refractivity contribution in [2.24, 2.45) is 23.2 Å². The van der Waals surface area contributed by atoms with Gasteiger partial charge in [-0.2, -0.15) is 0 Å². The number of rotatable bonds is 5. The number of ether oxygens (including phenoxy) is 1. The van der Waals surface area contributed by atoms with Crippen LogP contribution >= 0.6 is 0 Å². The Labute approximate surface area is 165 Å². The molecular formula is C21H25NO5S. The monoisotopic (exact) mass is 403 g/mol. The van der Waals surface area contributed by atoms with E-state index in [1.165, 1.54) is 31.4 Å². The zero-order valence-corrected chi connectivity index (χ0v) is 16.6. The molecule has 0 spiro atoms. The quantitative estimate of drug-likeness (QED) is 0.706. The summed E-state index contributed by atoms with van der Waals surface area (Å²) in [7, 11) is -3.84. The number of esters is 1. The fourth-order valence-corrected chi connectivity index (χ4v) is 8.11. The summed E-state index contributed by atoms with van der Waals surface area (Å²) >= 11 is 0. The highest BCUT2D eigenvalue weighted by Crippen LogP contribution is 2.61. The van der Waals surface area contributed by atoms with Crippen molar-refractivity contribution in [2.75, 3.05) is 13.2 Å². The van der Waals surface area contributed by atoms with Gasteiger partial charge in [-0.05, 0) is 73.8 Å². The third-order valence-electron chi connectivity index (χ3n) is 7.15. The first-order chi connectivity index (χ1) is 13.4. The molecule has 5 aliphatic rings. The molecule has 6 rings (SSSR count). The first kappa shape index (κ1) is 18.2. The molecule has 150 valence electrons. The number of amides is 1. The summed E-state index contributed by atoms with van der Waals surface area (Å²) in [5, 5.41) is 0. The van der Waals surface area contributed by atoms with Gasteiger partial charge >= 0.3 is 5.97 Å². The van der Waals surface area contributed by atoms with Gasteiger partial charge in [0.15, 0.2) is 0 Å². The van der Waals surface area contributed by atoms with E-state index in [2.05, 4.69) is 0 Å². The number of hydrogen-bond acceptors (Lipinski definition) is 5. The van der Waals surface area contributed by atoms with Crippen LogP contribution < -0.4 is 0 Å². The van der Waals surface area contributed by atoms with Gasteiger partial charge in [0.05, 0.1) is 18.5 Å². The predicted molar refractivity (Wildman–Crippen MR) is 101 cm³/mol. The van der Waals surface area contributed by atoms with E-state index >= 15 is 0 Å². The van der Waals surface area contributed by atoms with Gasteiger partial charge in [-0.3, -0.25) is 9.59 Å². The van der Waals surface area contributed by atoms with Gasteiger partial charge in [0, 0.05) is 0 Å². The number of fused-ring (bicyclic) bond motifs is 1. The summed E-state index contributed by atoms with van der Waals surface area (Å²) in [4.78, 5) is 24.9. The molecule has 4 bridgehead atoms. The second-order valence-electron chi connectivity index (χ2n) is 9.19. The number of carbonyl (C=O) groups excluding carboxylic acids is 2. The van der Waals surface area contributed by atoms with Crippen molar-refractivity contribution >= 4 is 21.9 Å². The largest absolute Gasteiger partial charge is 0.464 e. The molecule has 4 saturated carbocycles. The molecule has 7 heteroatoms. The topological polar surface area (TPSA) is 80.8 Å². The molecule has 0 aromatic heterocycles. The molecule has 0 atom stereocenters. The lowest BCUT2D eigenvalue weighted by atomic mass is 9.49. The molecule has 28 heavy (non-hydrogen) atoms. The minimum Gasteiger partial charge on any atom is -0.464 e. The SMILES string of the molecule is O=C(CC12CC3CC(CC(C3)C1)C2)OCCN1C(=O)c2ccccc2S1(=O)=O. The number of carbonyl (C=O) groups is 2. The Morgan fingerprint density at radius 1 is 1.07 bits per heavy atom. The van der Waals surface area contributed by atoms with E-state index in [9.17, 15) is 18.0 Å². The Morgan fingerprint density at radius 3 is 2.29 bits per heavy atom. The number of sulfonamides is 1. The van der Waals surface area contributed by atoms with E-state index < -0.39 is 15.9 Å². The maximum absolute atomic E-state index is 12.5. The van der Waals surface area contributed by atoms with Crippen molar-refractivity contribution in [3.8, 4) is 0 Å². The van der Waals surface area contributed by atoms with Crippen LogP contribution in [0.3, 0.4) is 0 Å². The van der Waals surface area contributed by atoms with Crippen molar-refractivity contribution in [2.45, 2.75) is 49.8 Å². The summed E-state index contributed by atoms with van der Waals surface area (Å²) in [6.45, 7) is -0.230. The highest BCUT2D eigenvalue weighted by Gasteiger charge is 2.51. The lowest BCUT2D eigenvalue weighted by molar-refractivity contribution is -0.152. The average Bonchev–Trinajstić information content (AvgIpc) is 2.81. The van der Waals surface area contributed by atoms with Crippen LogP contribution in [0, 0.1) is 23.2 Å². The minimum absolute atomic E-state index is 0.0277. The molecule has 1 aromatic carbocycles. The van der Waals surface area contributed by atoms with Gasteiger partial charge in [-0.15, -0.1) is 0 Å².